The Morgan fingerprint density at radius 2 is 1.79 bits per heavy atom. The zero-order chi connectivity index (χ0) is 24.8. The Bertz CT molecular complexity index is 1190. The van der Waals surface area contributed by atoms with Crippen LogP contribution in [0.4, 0.5) is 29.2 Å². The number of nitrogens with zero attached hydrogens (tertiary/aromatic N) is 4. The number of hydrogen-bond acceptors (Lipinski definition) is 8. The summed E-state index contributed by atoms with van der Waals surface area (Å²) in [6.45, 7) is 1.92. The molecule has 0 spiro atoms. The number of hydrogen-bond donors (Lipinski definition) is 1. The molecule has 2 saturated heterocycles. The van der Waals surface area contributed by atoms with Gasteiger partial charge in [-0.3, -0.25) is 4.79 Å². The third-order valence-electron chi connectivity index (χ3n) is 5.97. The molecule has 34 heavy (non-hydrogen) atoms. The number of likely N-dealkylation sites (tertiary alicyclic amines) is 1. The number of rotatable bonds is 6. The highest BCUT2D eigenvalue weighted by Gasteiger charge is 2.39. The molecule has 186 valence electrons. The van der Waals surface area contributed by atoms with E-state index in [1.165, 1.54) is 0 Å². The zero-order valence-electron chi connectivity index (χ0n) is 18.4. The van der Waals surface area contributed by atoms with Gasteiger partial charge in [-0.15, -0.1) is 0 Å². The Kier molecular flexibility index (Phi) is 6.21. The Hall–Kier alpha value is -2.90. The molecule has 1 N–H and O–H groups in total. The van der Waals surface area contributed by atoms with Crippen LogP contribution in [0.1, 0.15) is 32.1 Å². The minimum atomic E-state index is -3.94. The van der Waals surface area contributed by atoms with Crippen molar-refractivity contribution in [3.8, 4) is 0 Å². The van der Waals surface area contributed by atoms with E-state index in [1.54, 1.807) is 9.80 Å². The highest BCUT2D eigenvalue weighted by atomic mass is 32.2. The third-order valence-corrected chi connectivity index (χ3v) is 7.08. The molecule has 0 aliphatic carbocycles. The molecule has 0 bridgehead atoms. The number of anilines is 2. The smallest absolute Gasteiger partial charge is 0.322 e. The van der Waals surface area contributed by atoms with Crippen LogP contribution in [-0.4, -0.2) is 67.3 Å². The van der Waals surface area contributed by atoms with Gasteiger partial charge in [-0.1, -0.05) is 0 Å². The monoisotopic (exact) mass is 505 g/mol. The van der Waals surface area contributed by atoms with Gasteiger partial charge in [0.25, 0.3) is 11.8 Å². The summed E-state index contributed by atoms with van der Waals surface area (Å²) < 4.78 is 82.9. The molecule has 0 radical (unpaired) electrons. The minimum Gasteiger partial charge on any atom is -0.371 e. The van der Waals surface area contributed by atoms with Gasteiger partial charge in [0.15, 0.2) is 9.84 Å². The number of sulfone groups is 1. The number of carbonyl (C=O) groups excluding carboxylic acids is 1. The van der Waals surface area contributed by atoms with Crippen LogP contribution in [0.25, 0.3) is 0 Å². The molecule has 2 aliphatic rings. The summed E-state index contributed by atoms with van der Waals surface area (Å²) in [7, 11) is -3.94. The standard InChI is InChI=1S/C20H23F4N5O4S/c1-20(23,24)18-26-19(27-33-18)28-6-3-11(4-7-28)29-8-5-14(17(29)30)25-15-9-13(22)16(10-12(15)21)34(2,31)32/h9-11,14,25H,3-8H2,1-2H3. The first kappa shape index (κ1) is 24.2. The summed E-state index contributed by atoms with van der Waals surface area (Å²) in [6.07, 6.45) is 2.21. The summed E-state index contributed by atoms with van der Waals surface area (Å²) in [6, 6.07) is 0.419. The van der Waals surface area contributed by atoms with Gasteiger partial charge < -0.3 is 19.6 Å². The highest BCUT2D eigenvalue weighted by Crippen LogP contribution is 2.30. The van der Waals surface area contributed by atoms with Crippen LogP contribution in [0.2, 0.25) is 0 Å². The van der Waals surface area contributed by atoms with Crippen LogP contribution in [0.5, 0.6) is 0 Å². The van der Waals surface area contributed by atoms with E-state index >= 15 is 0 Å². The fourth-order valence-corrected chi connectivity index (χ4v) is 4.94. The predicted octanol–water partition coefficient (Wildman–Crippen LogP) is 2.54. The molecule has 1 aromatic heterocycles. The van der Waals surface area contributed by atoms with Gasteiger partial charge in [-0.05, 0) is 30.5 Å². The van der Waals surface area contributed by atoms with Gasteiger partial charge in [-0.25, -0.2) is 17.2 Å². The van der Waals surface area contributed by atoms with Crippen molar-refractivity contribution < 1.29 is 35.3 Å². The Balaban J connectivity index is 1.37. The zero-order valence-corrected chi connectivity index (χ0v) is 19.2. The molecule has 1 atom stereocenters. The fourth-order valence-electron chi connectivity index (χ4n) is 4.21. The summed E-state index contributed by atoms with van der Waals surface area (Å²) in [4.78, 5) is 19.3. The van der Waals surface area contributed by atoms with Gasteiger partial charge in [0.05, 0.1) is 5.69 Å². The molecule has 1 amide bonds. The van der Waals surface area contributed by atoms with E-state index in [-0.39, 0.29) is 23.6 Å². The van der Waals surface area contributed by atoms with Crippen LogP contribution in [0.15, 0.2) is 21.6 Å². The van der Waals surface area contributed by atoms with Crippen molar-refractivity contribution in [1.82, 2.24) is 15.0 Å². The lowest BCUT2D eigenvalue weighted by Crippen LogP contribution is -2.47. The number of carbonyl (C=O) groups is 1. The summed E-state index contributed by atoms with van der Waals surface area (Å²) in [5, 5.41) is 6.29. The molecule has 14 heteroatoms. The van der Waals surface area contributed by atoms with Crippen molar-refractivity contribution in [3.63, 3.8) is 0 Å². The van der Waals surface area contributed by atoms with Crippen LogP contribution >= 0.6 is 0 Å². The minimum absolute atomic E-state index is 0.0670. The van der Waals surface area contributed by atoms with Gasteiger partial charge in [0.1, 0.15) is 22.6 Å². The lowest BCUT2D eigenvalue weighted by atomic mass is 10.0. The van der Waals surface area contributed by atoms with Crippen molar-refractivity contribution in [2.45, 2.75) is 49.1 Å². The van der Waals surface area contributed by atoms with E-state index in [0.29, 0.717) is 51.9 Å². The van der Waals surface area contributed by atoms with Gasteiger partial charge >= 0.3 is 5.92 Å². The number of halogens is 4. The maximum atomic E-state index is 14.4. The summed E-state index contributed by atoms with van der Waals surface area (Å²) in [5.74, 6) is -6.29. The molecule has 2 fully saturated rings. The first-order valence-electron chi connectivity index (χ1n) is 10.6. The second kappa shape index (κ2) is 8.71. The van der Waals surface area contributed by atoms with E-state index in [2.05, 4.69) is 20.0 Å². The number of piperidine rings is 1. The molecule has 4 rings (SSSR count). The molecule has 2 aliphatic heterocycles. The molecular formula is C20H23F4N5O4S. The van der Waals surface area contributed by atoms with E-state index in [9.17, 15) is 30.8 Å². The Morgan fingerprint density at radius 3 is 2.38 bits per heavy atom. The second-order valence-electron chi connectivity index (χ2n) is 8.56. The van der Waals surface area contributed by atoms with Gasteiger partial charge in [0.2, 0.25) is 5.91 Å². The molecular weight excluding hydrogens is 482 g/mol. The Morgan fingerprint density at radius 1 is 1.12 bits per heavy atom. The van der Waals surface area contributed by atoms with Gasteiger partial charge in [0, 0.05) is 44.9 Å². The molecule has 9 nitrogen and oxygen atoms in total. The number of amides is 1. The largest absolute Gasteiger partial charge is 0.371 e. The molecule has 1 unspecified atom stereocenters. The van der Waals surface area contributed by atoms with Crippen LogP contribution in [-0.2, 0) is 20.6 Å². The first-order chi connectivity index (χ1) is 15.8. The summed E-state index contributed by atoms with van der Waals surface area (Å²) in [5.41, 5.74) is -0.291. The van der Waals surface area contributed by atoms with Crippen molar-refractivity contribution in [2.24, 2.45) is 0 Å². The third kappa shape index (κ3) is 4.81. The second-order valence-corrected chi connectivity index (χ2v) is 10.5. The maximum absolute atomic E-state index is 14.4. The number of benzene rings is 1. The van der Waals surface area contributed by atoms with E-state index in [0.717, 1.165) is 12.3 Å². The topological polar surface area (TPSA) is 109 Å². The number of aromatic nitrogens is 2. The maximum Gasteiger partial charge on any atom is 0.322 e. The van der Waals surface area contributed by atoms with Crippen molar-refractivity contribution in [1.29, 1.82) is 0 Å². The first-order valence-corrected chi connectivity index (χ1v) is 12.5. The highest BCUT2D eigenvalue weighted by molar-refractivity contribution is 7.90. The quantitative estimate of drug-likeness (QED) is 0.597. The molecule has 0 saturated carbocycles. The number of nitrogens with one attached hydrogen (secondary N) is 1. The lowest BCUT2D eigenvalue weighted by Gasteiger charge is -2.36. The SMILES string of the molecule is CC(F)(F)c1nc(N2CCC(N3CCC(Nc4cc(F)c(S(C)(=O)=O)cc4F)C3=O)CC2)no1. The average Bonchev–Trinajstić information content (AvgIpc) is 3.38. The van der Waals surface area contributed by atoms with E-state index in [1.807, 2.05) is 0 Å². The van der Waals surface area contributed by atoms with Crippen LogP contribution in [0.3, 0.4) is 0 Å². The molecule has 3 heterocycles. The van der Waals surface area contributed by atoms with E-state index < -0.39 is 44.2 Å². The van der Waals surface area contributed by atoms with E-state index in [4.69, 9.17) is 0 Å². The normalized spacial score (nSPS) is 20.3. The Labute approximate surface area is 193 Å². The average molecular weight is 505 g/mol. The number of alkyl halides is 2. The fraction of sp³-hybridized carbons (Fsp3) is 0.550. The predicted molar refractivity (Wildman–Crippen MR) is 112 cm³/mol. The van der Waals surface area contributed by atoms with Crippen molar-refractivity contribution >= 4 is 27.4 Å². The molecule has 2 aromatic rings. The van der Waals surface area contributed by atoms with Crippen molar-refractivity contribution in [2.75, 3.05) is 36.1 Å². The lowest BCUT2D eigenvalue weighted by molar-refractivity contribution is -0.130. The summed E-state index contributed by atoms with van der Waals surface area (Å²) >= 11 is 0. The van der Waals surface area contributed by atoms with Crippen LogP contribution < -0.4 is 10.2 Å². The van der Waals surface area contributed by atoms with Gasteiger partial charge in [-0.2, -0.15) is 13.8 Å². The van der Waals surface area contributed by atoms with Crippen LogP contribution in [0, 0.1) is 11.6 Å². The molecule has 1 aromatic carbocycles. The van der Waals surface area contributed by atoms with Crippen molar-refractivity contribution in [3.05, 3.63) is 29.7 Å².